The lowest BCUT2D eigenvalue weighted by atomic mass is 9.47. The van der Waals surface area contributed by atoms with E-state index in [0.717, 1.165) is 51.4 Å². The summed E-state index contributed by atoms with van der Waals surface area (Å²) in [6, 6.07) is 0. The van der Waals surface area contributed by atoms with E-state index >= 15 is 0 Å². The van der Waals surface area contributed by atoms with Gasteiger partial charge in [0.1, 0.15) is 5.60 Å². The third-order valence-electron chi connectivity index (χ3n) is 8.48. The topological polar surface area (TPSA) is 40.5 Å². The van der Waals surface area contributed by atoms with Crippen molar-refractivity contribution in [3.8, 4) is 11.3 Å². The number of halogens is 1. The summed E-state index contributed by atoms with van der Waals surface area (Å²) in [4.78, 5) is 0. The maximum atomic E-state index is 11.2. The Morgan fingerprint density at radius 1 is 1.12 bits per heavy atom. The first-order valence-corrected chi connectivity index (χ1v) is 9.95. The smallest absolute Gasteiger partial charge is 0.132 e. The van der Waals surface area contributed by atoms with E-state index in [1.165, 1.54) is 5.57 Å². The third-order valence-corrected chi connectivity index (χ3v) is 8.58. The van der Waals surface area contributed by atoms with E-state index in [4.69, 9.17) is 11.6 Å². The van der Waals surface area contributed by atoms with E-state index in [9.17, 15) is 10.2 Å². The van der Waals surface area contributed by atoms with Gasteiger partial charge in [-0.2, -0.15) is 0 Å². The van der Waals surface area contributed by atoms with E-state index in [2.05, 4.69) is 31.2 Å². The van der Waals surface area contributed by atoms with E-state index in [-0.39, 0.29) is 16.9 Å². The number of aliphatic hydroxyl groups excluding tert-OH is 1. The summed E-state index contributed by atoms with van der Waals surface area (Å²) >= 11 is 5.67. The minimum Gasteiger partial charge on any atom is -0.393 e. The molecule has 0 aromatic carbocycles. The van der Waals surface area contributed by atoms with Crippen molar-refractivity contribution in [2.45, 2.75) is 76.9 Å². The third kappa shape index (κ3) is 2.11. The van der Waals surface area contributed by atoms with E-state index < -0.39 is 5.60 Å². The Bertz CT molecular complexity index is 631. The molecule has 0 radical (unpaired) electrons. The van der Waals surface area contributed by atoms with Gasteiger partial charge in [-0.3, -0.25) is 0 Å². The second-order valence-electron chi connectivity index (χ2n) is 9.23. The number of fused-ring (bicyclic) bond motifs is 5. The highest BCUT2D eigenvalue weighted by Crippen LogP contribution is 2.67. The fourth-order valence-corrected chi connectivity index (χ4v) is 7.10. The maximum absolute atomic E-state index is 11.2. The van der Waals surface area contributed by atoms with E-state index in [0.29, 0.717) is 17.8 Å². The lowest BCUT2D eigenvalue weighted by Crippen LogP contribution is -2.54. The Balaban J connectivity index is 1.69. The standard InChI is InChI=1S/C21H29ClO2/c1-19-8-5-15(23)13-14(19)3-4-16-17(19)6-9-20(2)18(16)7-10-21(20,24)11-12-22/h3,15-18,23-24H,4-10,13H2,1-2H3/t15-,16+,17-,18+,19-,20+,21+/m0/s1. The SMILES string of the molecule is C[C@]12CC[C@H](O)CC1=CC[C@H]1[C@H]3CC[C@@](O)(C#CCl)[C@]3(C)CC[C@@H]12. The van der Waals surface area contributed by atoms with Crippen LogP contribution in [0, 0.1) is 39.9 Å². The molecule has 0 aromatic heterocycles. The minimum absolute atomic E-state index is 0.133. The van der Waals surface area contributed by atoms with E-state index in [1.807, 2.05) is 0 Å². The molecular weight excluding hydrogens is 320 g/mol. The van der Waals surface area contributed by atoms with Gasteiger partial charge in [-0.05, 0) is 86.1 Å². The molecule has 2 nitrogen and oxygen atoms in total. The molecule has 0 unspecified atom stereocenters. The van der Waals surface area contributed by atoms with Crippen molar-refractivity contribution >= 4 is 11.6 Å². The highest BCUT2D eigenvalue weighted by atomic mass is 35.5. The van der Waals surface area contributed by atoms with Crippen molar-refractivity contribution < 1.29 is 10.2 Å². The summed E-state index contributed by atoms with van der Waals surface area (Å²) in [5, 5.41) is 23.7. The first-order valence-electron chi connectivity index (χ1n) is 9.57. The van der Waals surface area contributed by atoms with Crippen LogP contribution >= 0.6 is 11.6 Å². The zero-order valence-corrected chi connectivity index (χ0v) is 15.6. The zero-order chi connectivity index (χ0) is 17.2. The number of hydrogen-bond donors (Lipinski definition) is 2. The van der Waals surface area contributed by atoms with Crippen molar-refractivity contribution in [3.63, 3.8) is 0 Å². The van der Waals surface area contributed by atoms with Gasteiger partial charge in [-0.25, -0.2) is 0 Å². The first-order chi connectivity index (χ1) is 11.3. The van der Waals surface area contributed by atoms with Crippen LogP contribution in [-0.2, 0) is 0 Å². The predicted molar refractivity (Wildman–Crippen MR) is 96.3 cm³/mol. The van der Waals surface area contributed by atoms with Crippen LogP contribution in [0.15, 0.2) is 11.6 Å². The highest BCUT2D eigenvalue weighted by Gasteiger charge is 2.63. The lowest BCUT2D eigenvalue weighted by Gasteiger charge is -2.58. The van der Waals surface area contributed by atoms with Gasteiger partial charge in [-0.15, -0.1) is 0 Å². The molecule has 0 aliphatic heterocycles. The van der Waals surface area contributed by atoms with Crippen LogP contribution in [0.2, 0.25) is 0 Å². The first kappa shape index (κ1) is 17.0. The monoisotopic (exact) mass is 348 g/mol. The second kappa shape index (κ2) is 5.50. The molecule has 24 heavy (non-hydrogen) atoms. The molecule has 3 saturated carbocycles. The van der Waals surface area contributed by atoms with Gasteiger partial charge in [0.05, 0.1) is 6.10 Å². The van der Waals surface area contributed by atoms with E-state index in [1.54, 1.807) is 0 Å². The molecule has 7 atom stereocenters. The average molecular weight is 349 g/mol. The van der Waals surface area contributed by atoms with Crippen molar-refractivity contribution in [2.75, 3.05) is 0 Å². The summed E-state index contributed by atoms with van der Waals surface area (Å²) in [5.74, 6) is 4.81. The Morgan fingerprint density at radius 3 is 2.62 bits per heavy atom. The molecule has 4 aliphatic carbocycles. The number of aliphatic hydroxyl groups is 2. The van der Waals surface area contributed by atoms with Gasteiger partial charge in [0.2, 0.25) is 0 Å². The Labute approximate surface area is 150 Å². The van der Waals surface area contributed by atoms with Crippen LogP contribution in [0.5, 0.6) is 0 Å². The molecule has 132 valence electrons. The van der Waals surface area contributed by atoms with Crippen molar-refractivity contribution in [3.05, 3.63) is 11.6 Å². The molecule has 0 bridgehead atoms. The van der Waals surface area contributed by atoms with Crippen LogP contribution in [-0.4, -0.2) is 21.9 Å². The molecule has 0 amide bonds. The summed E-state index contributed by atoms with van der Waals surface area (Å²) in [6.45, 7) is 4.68. The van der Waals surface area contributed by atoms with Gasteiger partial charge in [-0.1, -0.05) is 31.4 Å². The fraction of sp³-hybridized carbons (Fsp3) is 0.810. The van der Waals surface area contributed by atoms with Crippen LogP contribution in [0.3, 0.4) is 0 Å². The molecule has 0 spiro atoms. The zero-order valence-electron chi connectivity index (χ0n) is 14.8. The van der Waals surface area contributed by atoms with Gasteiger partial charge in [0.25, 0.3) is 0 Å². The summed E-state index contributed by atoms with van der Waals surface area (Å²) in [6.07, 6.45) is 10.3. The summed E-state index contributed by atoms with van der Waals surface area (Å²) in [7, 11) is 0. The molecule has 0 aromatic rings. The molecule has 0 heterocycles. The lowest BCUT2D eigenvalue weighted by molar-refractivity contribution is -0.0970. The number of rotatable bonds is 0. The van der Waals surface area contributed by atoms with Crippen LogP contribution < -0.4 is 0 Å². The second-order valence-corrected chi connectivity index (χ2v) is 9.42. The quantitative estimate of drug-likeness (QED) is 0.507. The fourth-order valence-electron chi connectivity index (χ4n) is 6.94. The van der Waals surface area contributed by atoms with Crippen molar-refractivity contribution in [2.24, 2.45) is 28.6 Å². The van der Waals surface area contributed by atoms with Gasteiger partial charge in [0, 0.05) is 10.8 Å². The van der Waals surface area contributed by atoms with Crippen LogP contribution in [0.4, 0.5) is 0 Å². The Morgan fingerprint density at radius 2 is 1.88 bits per heavy atom. The molecule has 4 rings (SSSR count). The van der Waals surface area contributed by atoms with Crippen molar-refractivity contribution in [1.82, 2.24) is 0 Å². The van der Waals surface area contributed by atoms with Gasteiger partial charge >= 0.3 is 0 Å². The molecule has 2 N–H and O–H groups in total. The van der Waals surface area contributed by atoms with Gasteiger partial charge in [0.15, 0.2) is 0 Å². The van der Waals surface area contributed by atoms with Crippen LogP contribution in [0.25, 0.3) is 0 Å². The normalized spacial score (nSPS) is 53.1. The summed E-state index contributed by atoms with van der Waals surface area (Å²) < 4.78 is 0. The molecule has 3 fully saturated rings. The maximum Gasteiger partial charge on any atom is 0.132 e. The summed E-state index contributed by atoms with van der Waals surface area (Å²) in [5.41, 5.74) is 0.701. The molecule has 4 aliphatic rings. The molecular formula is C21H29ClO2. The largest absolute Gasteiger partial charge is 0.393 e. The highest BCUT2D eigenvalue weighted by molar-refractivity contribution is 6.30. The van der Waals surface area contributed by atoms with Crippen LogP contribution in [0.1, 0.15) is 65.2 Å². The molecule has 0 saturated heterocycles. The number of hydrogen-bond acceptors (Lipinski definition) is 2. The van der Waals surface area contributed by atoms with Crippen molar-refractivity contribution in [1.29, 1.82) is 0 Å². The minimum atomic E-state index is -0.919. The van der Waals surface area contributed by atoms with Gasteiger partial charge < -0.3 is 10.2 Å². The Hall–Kier alpha value is -0.490. The molecule has 3 heteroatoms. The number of allylic oxidation sites excluding steroid dienone is 1. The Kier molecular flexibility index (Phi) is 3.89. The average Bonchev–Trinajstić information content (AvgIpc) is 2.80. The predicted octanol–water partition coefficient (Wildman–Crippen LogP) is 4.24.